The van der Waals surface area contributed by atoms with Crippen molar-refractivity contribution in [2.75, 3.05) is 5.01 Å². The molecule has 0 bridgehead atoms. The van der Waals surface area contributed by atoms with Gasteiger partial charge in [-0.25, -0.2) is 0 Å². The lowest BCUT2D eigenvalue weighted by atomic mass is 9.91. The van der Waals surface area contributed by atoms with Gasteiger partial charge in [-0.3, -0.25) is 9.80 Å². The SMILES string of the molecule is N#Cc1ccc(N2N=C(c3ccc(CC(=O)O)cc3)C[C@@H]2C2CCCC2)cc1Cl. The summed E-state index contributed by atoms with van der Waals surface area (Å²) >= 11 is 6.28. The van der Waals surface area contributed by atoms with Crippen LogP contribution in [-0.4, -0.2) is 22.8 Å². The maximum atomic E-state index is 10.9. The lowest BCUT2D eigenvalue weighted by Gasteiger charge is -2.28. The van der Waals surface area contributed by atoms with Gasteiger partial charge in [-0.1, -0.05) is 48.7 Å². The molecule has 1 N–H and O–H groups in total. The van der Waals surface area contributed by atoms with Crippen LogP contribution in [-0.2, 0) is 11.2 Å². The summed E-state index contributed by atoms with van der Waals surface area (Å²) in [4.78, 5) is 10.9. The molecule has 0 spiro atoms. The molecule has 1 saturated carbocycles. The Morgan fingerprint density at radius 2 is 1.93 bits per heavy atom. The van der Waals surface area contributed by atoms with Gasteiger partial charge in [-0.15, -0.1) is 0 Å². The van der Waals surface area contributed by atoms with Crippen molar-refractivity contribution in [1.29, 1.82) is 5.26 Å². The Hall–Kier alpha value is -2.84. The molecule has 1 aliphatic carbocycles. The number of hydrogen-bond donors (Lipinski definition) is 1. The van der Waals surface area contributed by atoms with Gasteiger partial charge in [0.15, 0.2) is 0 Å². The Balaban J connectivity index is 1.65. The number of benzene rings is 2. The maximum absolute atomic E-state index is 10.9. The number of carboxylic acids is 1. The highest BCUT2D eigenvalue weighted by Gasteiger charge is 2.36. The monoisotopic (exact) mass is 407 g/mol. The minimum absolute atomic E-state index is 0.0212. The zero-order chi connectivity index (χ0) is 20.4. The number of aliphatic carboxylic acids is 1. The van der Waals surface area contributed by atoms with Crippen molar-refractivity contribution in [1.82, 2.24) is 0 Å². The number of hydrazone groups is 1. The minimum atomic E-state index is -0.832. The smallest absolute Gasteiger partial charge is 0.307 e. The van der Waals surface area contributed by atoms with E-state index in [0.29, 0.717) is 16.5 Å². The molecular weight excluding hydrogens is 386 g/mol. The molecule has 2 aliphatic rings. The van der Waals surface area contributed by atoms with Crippen LogP contribution in [0.1, 0.15) is 48.8 Å². The Morgan fingerprint density at radius 3 is 2.55 bits per heavy atom. The van der Waals surface area contributed by atoms with Crippen molar-refractivity contribution < 1.29 is 9.90 Å². The first-order valence-electron chi connectivity index (χ1n) is 9.92. The normalized spacial score (nSPS) is 19.2. The van der Waals surface area contributed by atoms with Crippen LogP contribution in [0.3, 0.4) is 0 Å². The summed E-state index contributed by atoms with van der Waals surface area (Å²) in [6.07, 6.45) is 5.77. The highest BCUT2D eigenvalue weighted by molar-refractivity contribution is 6.32. The molecule has 0 aromatic heterocycles. The number of carbonyl (C=O) groups is 1. The second kappa shape index (κ2) is 8.26. The Labute approximate surface area is 175 Å². The molecule has 5 nitrogen and oxygen atoms in total. The van der Waals surface area contributed by atoms with Gasteiger partial charge in [-0.2, -0.15) is 10.4 Å². The van der Waals surface area contributed by atoms with E-state index in [0.717, 1.165) is 28.9 Å². The lowest BCUT2D eigenvalue weighted by Crippen LogP contribution is -2.32. The Bertz CT molecular complexity index is 988. The standard InChI is InChI=1S/C23H22ClN3O2/c24-20-12-19(10-9-18(20)14-25)27-22(17-3-1-2-4-17)13-21(26-27)16-7-5-15(6-8-16)11-23(28)29/h5-10,12,17,22H,1-4,11,13H2,(H,28,29)/t22-/m1/s1. The van der Waals surface area contributed by atoms with Crippen molar-refractivity contribution in [2.24, 2.45) is 11.0 Å². The van der Waals surface area contributed by atoms with E-state index in [-0.39, 0.29) is 12.5 Å². The topological polar surface area (TPSA) is 76.7 Å². The number of halogens is 1. The van der Waals surface area contributed by atoms with Gasteiger partial charge in [0.1, 0.15) is 6.07 Å². The summed E-state index contributed by atoms with van der Waals surface area (Å²) in [5.41, 5.74) is 4.17. The first-order chi connectivity index (χ1) is 14.0. The van der Waals surface area contributed by atoms with E-state index in [1.54, 1.807) is 6.07 Å². The van der Waals surface area contributed by atoms with Gasteiger partial charge in [-0.05, 0) is 48.1 Å². The average molecular weight is 408 g/mol. The van der Waals surface area contributed by atoms with Crippen LogP contribution in [0.15, 0.2) is 47.6 Å². The van der Waals surface area contributed by atoms with Crippen LogP contribution in [0.5, 0.6) is 0 Å². The predicted molar refractivity (Wildman–Crippen MR) is 113 cm³/mol. The summed E-state index contributed by atoms with van der Waals surface area (Å²) in [7, 11) is 0. The van der Waals surface area contributed by atoms with E-state index < -0.39 is 5.97 Å². The molecule has 0 radical (unpaired) electrons. The second-order valence-electron chi connectivity index (χ2n) is 7.75. The van der Waals surface area contributed by atoms with Crippen LogP contribution >= 0.6 is 11.6 Å². The zero-order valence-corrected chi connectivity index (χ0v) is 16.8. The summed E-state index contributed by atoms with van der Waals surface area (Å²) in [5, 5.41) is 25.6. The summed E-state index contributed by atoms with van der Waals surface area (Å²) in [6, 6.07) is 15.5. The molecule has 2 aromatic carbocycles. The van der Waals surface area contributed by atoms with Crippen molar-refractivity contribution >= 4 is 29.0 Å². The summed E-state index contributed by atoms with van der Waals surface area (Å²) in [6.45, 7) is 0. The third-order valence-electron chi connectivity index (χ3n) is 5.87. The third kappa shape index (κ3) is 4.13. The number of nitrogens with zero attached hydrogens (tertiary/aromatic N) is 3. The Morgan fingerprint density at radius 1 is 1.21 bits per heavy atom. The fourth-order valence-electron chi connectivity index (χ4n) is 4.39. The van der Waals surface area contributed by atoms with Gasteiger partial charge in [0.2, 0.25) is 0 Å². The minimum Gasteiger partial charge on any atom is -0.481 e. The highest BCUT2D eigenvalue weighted by atomic mass is 35.5. The van der Waals surface area contributed by atoms with E-state index in [1.165, 1.54) is 25.7 Å². The van der Waals surface area contributed by atoms with Crippen LogP contribution in [0.2, 0.25) is 5.02 Å². The van der Waals surface area contributed by atoms with Gasteiger partial charge in [0.25, 0.3) is 0 Å². The molecule has 1 atom stereocenters. The van der Waals surface area contributed by atoms with E-state index in [1.807, 2.05) is 36.4 Å². The number of carboxylic acid groups (broad SMARTS) is 1. The molecule has 0 saturated heterocycles. The first-order valence-corrected chi connectivity index (χ1v) is 10.3. The first kappa shape index (κ1) is 19.5. The molecule has 29 heavy (non-hydrogen) atoms. The molecule has 148 valence electrons. The summed E-state index contributed by atoms with van der Waals surface area (Å²) < 4.78 is 0. The van der Waals surface area contributed by atoms with Crippen LogP contribution in [0.4, 0.5) is 5.69 Å². The fraction of sp³-hybridized carbons (Fsp3) is 0.348. The molecule has 2 aromatic rings. The zero-order valence-electron chi connectivity index (χ0n) is 16.0. The average Bonchev–Trinajstić information content (AvgIpc) is 3.38. The number of rotatable bonds is 5. The number of nitriles is 1. The van der Waals surface area contributed by atoms with Gasteiger partial charge in [0.05, 0.1) is 34.4 Å². The number of hydrogen-bond acceptors (Lipinski definition) is 4. The molecule has 0 unspecified atom stereocenters. The third-order valence-corrected chi connectivity index (χ3v) is 6.18. The van der Waals surface area contributed by atoms with E-state index in [2.05, 4.69) is 11.1 Å². The highest BCUT2D eigenvalue weighted by Crippen LogP contribution is 2.39. The van der Waals surface area contributed by atoms with Crippen LogP contribution in [0.25, 0.3) is 0 Å². The molecule has 1 fully saturated rings. The predicted octanol–water partition coefficient (Wildman–Crippen LogP) is 5.01. The van der Waals surface area contributed by atoms with E-state index in [4.69, 9.17) is 27.1 Å². The van der Waals surface area contributed by atoms with Gasteiger partial charge in [0, 0.05) is 6.42 Å². The number of anilines is 1. The lowest BCUT2D eigenvalue weighted by molar-refractivity contribution is -0.136. The van der Waals surface area contributed by atoms with Gasteiger partial charge < -0.3 is 5.11 Å². The molecular formula is C23H22ClN3O2. The molecule has 1 heterocycles. The van der Waals surface area contributed by atoms with Crippen molar-refractivity contribution in [3.63, 3.8) is 0 Å². The second-order valence-corrected chi connectivity index (χ2v) is 8.16. The van der Waals surface area contributed by atoms with E-state index >= 15 is 0 Å². The molecule has 4 rings (SSSR count). The van der Waals surface area contributed by atoms with Crippen molar-refractivity contribution in [2.45, 2.75) is 44.6 Å². The quantitative estimate of drug-likeness (QED) is 0.755. The summed E-state index contributed by atoms with van der Waals surface area (Å²) in [5.74, 6) is -0.252. The van der Waals surface area contributed by atoms with Crippen molar-refractivity contribution in [3.05, 3.63) is 64.2 Å². The largest absolute Gasteiger partial charge is 0.481 e. The maximum Gasteiger partial charge on any atom is 0.307 e. The molecule has 0 amide bonds. The van der Waals surface area contributed by atoms with Crippen LogP contribution in [0, 0.1) is 17.2 Å². The van der Waals surface area contributed by atoms with Crippen LogP contribution < -0.4 is 5.01 Å². The molecule has 6 heteroatoms. The van der Waals surface area contributed by atoms with Gasteiger partial charge >= 0.3 is 5.97 Å². The molecule has 1 aliphatic heterocycles. The van der Waals surface area contributed by atoms with Crippen molar-refractivity contribution in [3.8, 4) is 6.07 Å². The Kier molecular flexibility index (Phi) is 5.55. The fourth-order valence-corrected chi connectivity index (χ4v) is 4.61. The van der Waals surface area contributed by atoms with E-state index in [9.17, 15) is 4.79 Å².